The van der Waals surface area contributed by atoms with E-state index >= 15 is 0 Å². The lowest BCUT2D eigenvalue weighted by Crippen LogP contribution is -2.20. The lowest BCUT2D eigenvalue weighted by atomic mass is 10.1. The summed E-state index contributed by atoms with van der Waals surface area (Å²) in [6, 6.07) is 5.14. The summed E-state index contributed by atoms with van der Waals surface area (Å²) in [4.78, 5) is 14.0. The number of rotatable bonds is 3. The Kier molecular flexibility index (Phi) is 3.00. The number of hydrogen-bond acceptors (Lipinski definition) is 4. The third kappa shape index (κ3) is 2.02. The minimum Gasteiger partial charge on any atom is -0.317 e. The second kappa shape index (κ2) is 4.26. The van der Waals surface area contributed by atoms with Crippen molar-refractivity contribution in [2.45, 2.75) is 13.0 Å². The fraction of sp³-hybridized carbons (Fsp3) is 0.182. The van der Waals surface area contributed by atoms with Crippen molar-refractivity contribution in [3.8, 4) is 0 Å². The molecule has 0 radical (unpaired) electrons. The van der Waals surface area contributed by atoms with Gasteiger partial charge in [-0.3, -0.25) is 4.79 Å². The minimum absolute atomic E-state index is 0.0104. The first-order valence-electron chi connectivity index (χ1n) is 4.57. The molecule has 0 bridgehead atoms. The average molecular weight is 237 g/mol. The number of ketones is 1. The van der Waals surface area contributed by atoms with Gasteiger partial charge in [0, 0.05) is 15.3 Å². The van der Waals surface area contributed by atoms with E-state index < -0.39 is 6.04 Å². The van der Waals surface area contributed by atoms with Gasteiger partial charge in [-0.15, -0.1) is 22.7 Å². The molecule has 2 aromatic rings. The number of thiophene rings is 2. The third-order valence-corrected chi connectivity index (χ3v) is 4.06. The molecule has 2 N–H and O–H groups in total. The van der Waals surface area contributed by atoms with E-state index in [0.717, 1.165) is 15.3 Å². The van der Waals surface area contributed by atoms with E-state index in [1.165, 1.54) is 11.3 Å². The summed E-state index contributed by atoms with van der Waals surface area (Å²) in [5.74, 6) is 0.0104. The van der Waals surface area contributed by atoms with Gasteiger partial charge in [-0.1, -0.05) is 6.07 Å². The molecule has 2 aromatic heterocycles. The van der Waals surface area contributed by atoms with Gasteiger partial charge < -0.3 is 5.73 Å². The van der Waals surface area contributed by atoms with Gasteiger partial charge in [0.1, 0.15) is 6.04 Å². The summed E-state index contributed by atoms with van der Waals surface area (Å²) in [6.45, 7) is 1.94. The van der Waals surface area contributed by atoms with E-state index in [2.05, 4.69) is 0 Å². The fourth-order valence-corrected chi connectivity index (χ4v) is 2.83. The van der Waals surface area contributed by atoms with Crippen LogP contribution in [0, 0.1) is 6.92 Å². The summed E-state index contributed by atoms with van der Waals surface area (Å²) in [5, 5.41) is 3.85. The highest BCUT2D eigenvalue weighted by molar-refractivity contribution is 7.10. The highest BCUT2D eigenvalue weighted by atomic mass is 32.1. The molecule has 0 aliphatic heterocycles. The minimum atomic E-state index is -0.515. The Bertz CT molecular complexity index is 459. The van der Waals surface area contributed by atoms with E-state index in [9.17, 15) is 4.79 Å². The predicted octanol–water partition coefficient (Wildman–Crippen LogP) is 3.00. The molecule has 1 atom stereocenters. The normalized spacial score (nSPS) is 12.7. The quantitative estimate of drug-likeness (QED) is 0.834. The molecule has 0 amide bonds. The molecule has 0 saturated carbocycles. The molecule has 15 heavy (non-hydrogen) atoms. The van der Waals surface area contributed by atoms with Gasteiger partial charge in [0.15, 0.2) is 5.78 Å². The molecule has 0 aliphatic rings. The van der Waals surface area contributed by atoms with Gasteiger partial charge >= 0.3 is 0 Å². The smallest absolute Gasteiger partial charge is 0.185 e. The third-order valence-electron chi connectivity index (χ3n) is 2.26. The first kappa shape index (κ1) is 10.5. The van der Waals surface area contributed by atoms with Crippen molar-refractivity contribution >= 4 is 28.5 Å². The van der Waals surface area contributed by atoms with E-state index in [0.29, 0.717) is 0 Å². The number of hydrogen-bond donors (Lipinski definition) is 1. The monoisotopic (exact) mass is 237 g/mol. The van der Waals surface area contributed by atoms with Crippen LogP contribution in [0.3, 0.4) is 0 Å². The van der Waals surface area contributed by atoms with Crippen molar-refractivity contribution < 1.29 is 4.79 Å². The topological polar surface area (TPSA) is 43.1 Å². The maximum Gasteiger partial charge on any atom is 0.185 e. The molecule has 0 aliphatic carbocycles. The van der Waals surface area contributed by atoms with Gasteiger partial charge in [0.05, 0.1) is 0 Å². The Labute approximate surface area is 96.4 Å². The second-order valence-corrected chi connectivity index (χ2v) is 5.35. The van der Waals surface area contributed by atoms with E-state index in [1.807, 2.05) is 35.9 Å². The lowest BCUT2D eigenvalue weighted by Gasteiger charge is -2.07. The van der Waals surface area contributed by atoms with Crippen molar-refractivity contribution in [1.29, 1.82) is 0 Å². The second-order valence-electron chi connectivity index (χ2n) is 3.25. The lowest BCUT2D eigenvalue weighted by molar-refractivity contribution is 0.0962. The molecule has 0 fully saturated rings. The van der Waals surface area contributed by atoms with Crippen LogP contribution in [-0.2, 0) is 0 Å². The van der Waals surface area contributed by atoms with Crippen LogP contribution in [0.25, 0.3) is 0 Å². The largest absolute Gasteiger partial charge is 0.317 e. The standard InChI is InChI=1S/C11H11NOS2/c1-7-8(4-6-14-7)11(13)10(12)9-3-2-5-15-9/h2-6,10H,12H2,1H3. The Hall–Kier alpha value is -0.970. The summed E-state index contributed by atoms with van der Waals surface area (Å²) in [5.41, 5.74) is 6.66. The maximum absolute atomic E-state index is 12.0. The van der Waals surface area contributed by atoms with Crippen molar-refractivity contribution in [2.24, 2.45) is 5.73 Å². The fourth-order valence-electron chi connectivity index (χ4n) is 1.41. The number of aryl methyl sites for hydroxylation is 1. The Morgan fingerprint density at radius 2 is 2.13 bits per heavy atom. The van der Waals surface area contributed by atoms with Crippen LogP contribution in [0.4, 0.5) is 0 Å². The summed E-state index contributed by atoms with van der Waals surface area (Å²) in [7, 11) is 0. The van der Waals surface area contributed by atoms with E-state index in [4.69, 9.17) is 5.73 Å². The van der Waals surface area contributed by atoms with Crippen LogP contribution in [0.2, 0.25) is 0 Å². The van der Waals surface area contributed by atoms with Crippen LogP contribution < -0.4 is 5.73 Å². The average Bonchev–Trinajstić information content (AvgIpc) is 2.85. The summed E-state index contributed by atoms with van der Waals surface area (Å²) in [6.07, 6.45) is 0. The van der Waals surface area contributed by atoms with Crippen molar-refractivity contribution in [1.82, 2.24) is 0 Å². The molecule has 0 spiro atoms. The molecule has 0 aromatic carbocycles. The van der Waals surface area contributed by atoms with Crippen LogP contribution in [-0.4, -0.2) is 5.78 Å². The maximum atomic E-state index is 12.0. The molecule has 0 saturated heterocycles. The molecule has 2 nitrogen and oxygen atoms in total. The molecular formula is C11H11NOS2. The predicted molar refractivity (Wildman–Crippen MR) is 64.6 cm³/mol. The number of carbonyl (C=O) groups excluding carboxylic acids is 1. The zero-order valence-electron chi connectivity index (χ0n) is 8.27. The molecule has 4 heteroatoms. The van der Waals surface area contributed by atoms with E-state index in [-0.39, 0.29) is 5.78 Å². The molecule has 2 heterocycles. The van der Waals surface area contributed by atoms with Gasteiger partial charge in [-0.25, -0.2) is 0 Å². The zero-order valence-corrected chi connectivity index (χ0v) is 9.90. The van der Waals surface area contributed by atoms with Gasteiger partial charge in [-0.2, -0.15) is 0 Å². The molecule has 2 rings (SSSR count). The molecular weight excluding hydrogens is 226 g/mol. The number of carbonyl (C=O) groups is 1. The van der Waals surface area contributed by atoms with Crippen molar-refractivity contribution in [3.63, 3.8) is 0 Å². The van der Waals surface area contributed by atoms with Crippen molar-refractivity contribution in [2.75, 3.05) is 0 Å². The first-order chi connectivity index (χ1) is 7.20. The van der Waals surface area contributed by atoms with Gasteiger partial charge in [0.2, 0.25) is 0 Å². The Balaban J connectivity index is 2.26. The van der Waals surface area contributed by atoms with Crippen LogP contribution in [0.1, 0.15) is 26.2 Å². The van der Waals surface area contributed by atoms with Crippen LogP contribution in [0.5, 0.6) is 0 Å². The first-order valence-corrected chi connectivity index (χ1v) is 6.33. The molecule has 78 valence electrons. The van der Waals surface area contributed by atoms with Gasteiger partial charge in [-0.05, 0) is 29.8 Å². The highest BCUT2D eigenvalue weighted by Crippen LogP contribution is 2.24. The van der Waals surface area contributed by atoms with Gasteiger partial charge in [0.25, 0.3) is 0 Å². The molecule has 1 unspecified atom stereocenters. The summed E-state index contributed by atoms with van der Waals surface area (Å²) >= 11 is 3.09. The Morgan fingerprint density at radius 3 is 2.67 bits per heavy atom. The van der Waals surface area contributed by atoms with E-state index in [1.54, 1.807) is 11.3 Å². The van der Waals surface area contributed by atoms with Crippen LogP contribution >= 0.6 is 22.7 Å². The van der Waals surface area contributed by atoms with Crippen molar-refractivity contribution in [3.05, 3.63) is 44.3 Å². The zero-order chi connectivity index (χ0) is 10.8. The Morgan fingerprint density at radius 1 is 1.33 bits per heavy atom. The number of nitrogens with two attached hydrogens (primary N) is 1. The highest BCUT2D eigenvalue weighted by Gasteiger charge is 2.20. The van der Waals surface area contributed by atoms with Crippen LogP contribution in [0.15, 0.2) is 29.0 Å². The summed E-state index contributed by atoms with van der Waals surface area (Å²) < 4.78 is 0. The SMILES string of the molecule is Cc1sccc1C(=O)C(N)c1cccs1. The number of Topliss-reactive ketones (excluding diaryl/α,β-unsaturated/α-hetero) is 1.